The molecule has 4 aromatic rings. The third-order valence-corrected chi connectivity index (χ3v) is 7.09. The van der Waals surface area contributed by atoms with E-state index in [2.05, 4.69) is 49.9 Å². The molecule has 0 radical (unpaired) electrons. The number of hydrogen-bond acceptors (Lipinski definition) is 5. The maximum atomic E-state index is 6.25. The summed E-state index contributed by atoms with van der Waals surface area (Å²) in [6.45, 7) is 8.88. The summed E-state index contributed by atoms with van der Waals surface area (Å²) in [5, 5.41) is 0. The lowest BCUT2D eigenvalue weighted by Crippen LogP contribution is -2.46. The van der Waals surface area contributed by atoms with Crippen LogP contribution in [0.5, 0.6) is 11.8 Å². The molecule has 5 nitrogen and oxygen atoms in total. The Morgan fingerprint density at radius 1 is 0.789 bits per heavy atom. The lowest BCUT2D eigenvalue weighted by molar-refractivity contribution is 0.0488. The monoisotopic (exact) mass is 507 g/mol. The van der Waals surface area contributed by atoms with Gasteiger partial charge >= 0.3 is 0 Å². The number of piperidine rings is 1. The zero-order valence-corrected chi connectivity index (χ0v) is 22.6. The van der Waals surface area contributed by atoms with Gasteiger partial charge < -0.3 is 9.47 Å². The molecule has 0 spiro atoms. The highest BCUT2D eigenvalue weighted by Crippen LogP contribution is 2.37. The lowest BCUT2D eigenvalue weighted by atomic mass is 9.92. The van der Waals surface area contributed by atoms with Crippen LogP contribution in [-0.4, -0.2) is 27.0 Å². The number of hydrogen-bond donors (Lipinski definition) is 0. The first kappa shape index (κ1) is 25.9. The highest BCUT2D eigenvalue weighted by atomic mass is 16.5. The van der Waals surface area contributed by atoms with Gasteiger partial charge in [-0.25, -0.2) is 0 Å². The highest BCUT2D eigenvalue weighted by Gasteiger charge is 2.32. The van der Waals surface area contributed by atoms with E-state index in [1.807, 2.05) is 66.9 Å². The second-order valence-electron chi connectivity index (χ2n) is 10.9. The van der Waals surface area contributed by atoms with Crippen LogP contribution in [0, 0.1) is 0 Å². The van der Waals surface area contributed by atoms with Crippen molar-refractivity contribution in [2.24, 2.45) is 0 Å². The van der Waals surface area contributed by atoms with E-state index < -0.39 is 0 Å². The van der Waals surface area contributed by atoms with Gasteiger partial charge in [0.1, 0.15) is 13.2 Å². The third kappa shape index (κ3) is 6.40. The zero-order chi connectivity index (χ0) is 26.4. The summed E-state index contributed by atoms with van der Waals surface area (Å²) in [4.78, 5) is 12.3. The van der Waals surface area contributed by atoms with Crippen molar-refractivity contribution in [3.63, 3.8) is 0 Å². The SMILES string of the molecule is CC(C)(C)N1CCCCC1c1ccc(-c2ccc(OCc3ccccc3)nc2OCc2ccccc2)cn1. The topological polar surface area (TPSA) is 47.5 Å². The molecular weight excluding hydrogens is 470 g/mol. The summed E-state index contributed by atoms with van der Waals surface area (Å²) in [6, 6.07) is 28.8. The van der Waals surface area contributed by atoms with Crippen molar-refractivity contribution in [1.82, 2.24) is 14.9 Å². The van der Waals surface area contributed by atoms with Crippen molar-refractivity contribution in [3.8, 4) is 22.9 Å². The number of rotatable bonds is 8. The molecule has 1 aliphatic heterocycles. The Morgan fingerprint density at radius 3 is 2.11 bits per heavy atom. The average Bonchev–Trinajstić information content (AvgIpc) is 2.96. The quantitative estimate of drug-likeness (QED) is 0.245. The maximum Gasteiger partial charge on any atom is 0.225 e. The minimum absolute atomic E-state index is 0.114. The van der Waals surface area contributed by atoms with Crippen LogP contribution in [0.25, 0.3) is 11.1 Å². The third-order valence-electron chi connectivity index (χ3n) is 7.09. The normalized spacial score (nSPS) is 16.2. The van der Waals surface area contributed by atoms with Crippen LogP contribution in [0.2, 0.25) is 0 Å². The second kappa shape index (κ2) is 11.8. The van der Waals surface area contributed by atoms with Crippen molar-refractivity contribution in [2.75, 3.05) is 6.54 Å². The lowest BCUT2D eigenvalue weighted by Gasteiger charge is -2.44. The molecule has 0 aliphatic carbocycles. The van der Waals surface area contributed by atoms with Crippen molar-refractivity contribution < 1.29 is 9.47 Å². The Hall–Kier alpha value is -3.70. The van der Waals surface area contributed by atoms with E-state index in [4.69, 9.17) is 19.4 Å². The van der Waals surface area contributed by atoms with Crippen molar-refractivity contribution in [3.05, 3.63) is 108 Å². The van der Waals surface area contributed by atoms with Gasteiger partial charge in [0.2, 0.25) is 11.8 Å². The molecule has 1 saturated heterocycles. The zero-order valence-electron chi connectivity index (χ0n) is 22.6. The summed E-state index contributed by atoms with van der Waals surface area (Å²) in [6.07, 6.45) is 5.59. The number of nitrogens with zero attached hydrogens (tertiary/aromatic N) is 3. The molecule has 2 aromatic heterocycles. The van der Waals surface area contributed by atoms with Crippen LogP contribution in [0.1, 0.15) is 62.9 Å². The summed E-state index contributed by atoms with van der Waals surface area (Å²) in [5.41, 5.74) is 5.32. The van der Waals surface area contributed by atoms with Crippen LogP contribution in [0.4, 0.5) is 0 Å². The molecule has 1 fully saturated rings. The molecule has 3 heterocycles. The van der Waals surface area contributed by atoms with Gasteiger partial charge in [0.25, 0.3) is 0 Å². The van der Waals surface area contributed by atoms with E-state index in [9.17, 15) is 0 Å². The van der Waals surface area contributed by atoms with Crippen LogP contribution in [0.15, 0.2) is 91.1 Å². The number of benzene rings is 2. The molecule has 38 heavy (non-hydrogen) atoms. The van der Waals surface area contributed by atoms with Gasteiger partial charge in [-0.15, -0.1) is 0 Å². The first-order valence-corrected chi connectivity index (χ1v) is 13.5. The fourth-order valence-corrected chi connectivity index (χ4v) is 5.09. The maximum absolute atomic E-state index is 6.25. The predicted molar refractivity (Wildman–Crippen MR) is 152 cm³/mol. The summed E-state index contributed by atoms with van der Waals surface area (Å²) in [7, 11) is 0. The van der Waals surface area contributed by atoms with E-state index in [1.54, 1.807) is 0 Å². The number of pyridine rings is 2. The Labute approximate surface area is 226 Å². The molecule has 2 aromatic carbocycles. The largest absolute Gasteiger partial charge is 0.473 e. The van der Waals surface area contributed by atoms with E-state index in [0.717, 1.165) is 40.9 Å². The molecule has 0 N–H and O–H groups in total. The fraction of sp³-hybridized carbons (Fsp3) is 0.333. The van der Waals surface area contributed by atoms with Crippen LogP contribution < -0.4 is 9.47 Å². The van der Waals surface area contributed by atoms with Crippen LogP contribution in [0.3, 0.4) is 0 Å². The number of likely N-dealkylation sites (tertiary alicyclic amines) is 1. The smallest absolute Gasteiger partial charge is 0.225 e. The Bertz CT molecular complexity index is 1300. The summed E-state index contributed by atoms with van der Waals surface area (Å²) < 4.78 is 12.3. The molecule has 196 valence electrons. The molecule has 0 bridgehead atoms. The number of aromatic nitrogens is 2. The molecule has 1 unspecified atom stereocenters. The second-order valence-corrected chi connectivity index (χ2v) is 10.9. The minimum Gasteiger partial charge on any atom is -0.473 e. The van der Waals surface area contributed by atoms with Crippen LogP contribution in [-0.2, 0) is 13.2 Å². The molecule has 1 atom stereocenters. The van der Waals surface area contributed by atoms with Crippen LogP contribution >= 0.6 is 0 Å². The predicted octanol–water partition coefficient (Wildman–Crippen LogP) is 7.63. The van der Waals surface area contributed by atoms with Gasteiger partial charge in [0.05, 0.1) is 11.7 Å². The summed E-state index contributed by atoms with van der Waals surface area (Å²) >= 11 is 0. The number of ether oxygens (including phenoxy) is 2. The van der Waals surface area contributed by atoms with Crippen molar-refractivity contribution >= 4 is 0 Å². The first-order valence-electron chi connectivity index (χ1n) is 13.5. The molecule has 5 heteroatoms. The molecule has 5 rings (SSSR count). The van der Waals surface area contributed by atoms with Gasteiger partial charge in [0, 0.05) is 28.9 Å². The molecule has 1 aliphatic rings. The van der Waals surface area contributed by atoms with Crippen molar-refractivity contribution in [2.45, 2.75) is 64.8 Å². The van der Waals surface area contributed by atoms with Gasteiger partial charge in [-0.1, -0.05) is 73.2 Å². The van der Waals surface area contributed by atoms with Gasteiger partial charge in [-0.05, 0) is 63.4 Å². The average molecular weight is 508 g/mol. The Kier molecular flexibility index (Phi) is 8.04. The first-order chi connectivity index (χ1) is 18.5. The van der Waals surface area contributed by atoms with E-state index in [-0.39, 0.29) is 5.54 Å². The molecule has 0 saturated carbocycles. The Balaban J connectivity index is 1.39. The minimum atomic E-state index is 0.114. The van der Waals surface area contributed by atoms with E-state index in [1.165, 1.54) is 12.8 Å². The van der Waals surface area contributed by atoms with Gasteiger partial charge in [-0.3, -0.25) is 9.88 Å². The van der Waals surface area contributed by atoms with E-state index in [0.29, 0.717) is 31.0 Å². The van der Waals surface area contributed by atoms with Gasteiger partial charge in [0.15, 0.2) is 0 Å². The fourth-order valence-electron chi connectivity index (χ4n) is 5.09. The Morgan fingerprint density at radius 2 is 1.47 bits per heavy atom. The van der Waals surface area contributed by atoms with Gasteiger partial charge in [-0.2, -0.15) is 4.98 Å². The van der Waals surface area contributed by atoms with Crippen molar-refractivity contribution in [1.29, 1.82) is 0 Å². The standard InChI is InChI=1S/C33H37N3O2/c1-33(2,3)36-21-11-10-16-30(36)29-19-17-27(22-34-29)28-18-20-31(37-23-25-12-6-4-7-13-25)35-32(28)38-24-26-14-8-5-9-15-26/h4-9,12-15,17-20,22,30H,10-11,16,21,23-24H2,1-3H3. The molecule has 0 amide bonds. The van der Waals surface area contributed by atoms with E-state index >= 15 is 0 Å². The highest BCUT2D eigenvalue weighted by molar-refractivity contribution is 5.68. The summed E-state index contributed by atoms with van der Waals surface area (Å²) in [5.74, 6) is 1.08. The molecular formula is C33H37N3O2.